The Kier molecular flexibility index (Phi) is 4.66. The third-order valence-corrected chi connectivity index (χ3v) is 5.24. The predicted octanol–water partition coefficient (Wildman–Crippen LogP) is 1.73. The number of nitrogens with zero attached hydrogens (tertiary/aromatic N) is 1. The van der Waals surface area contributed by atoms with Crippen molar-refractivity contribution in [3.63, 3.8) is 0 Å². The van der Waals surface area contributed by atoms with E-state index in [1.54, 1.807) is 31.2 Å². The van der Waals surface area contributed by atoms with Gasteiger partial charge in [-0.15, -0.1) is 0 Å². The fourth-order valence-corrected chi connectivity index (χ4v) is 3.53. The first-order valence-corrected chi connectivity index (χ1v) is 9.21. The molecule has 2 aliphatic heterocycles. The normalized spacial score (nSPS) is 19.7. The average Bonchev–Trinajstić information content (AvgIpc) is 3.18. The second-order valence-corrected chi connectivity index (χ2v) is 7.16. The molecule has 30 heavy (non-hydrogen) atoms. The van der Waals surface area contributed by atoms with Gasteiger partial charge in [0.1, 0.15) is 11.6 Å². The number of halogens is 1. The molecular weight excluding hydrogens is 389 g/mol. The molecule has 2 aromatic rings. The molecular formula is C22H18FN3O4. The molecule has 0 aliphatic carbocycles. The van der Waals surface area contributed by atoms with Gasteiger partial charge in [-0.3, -0.25) is 14.9 Å². The maximum Gasteiger partial charge on any atom is 0.323 e. The topological polar surface area (TPSA) is 87.7 Å². The quantitative estimate of drug-likeness (QED) is 0.599. The molecule has 2 aromatic carbocycles. The highest BCUT2D eigenvalue weighted by atomic mass is 19.1. The number of hydrogen-bond donors (Lipinski definition) is 2. The van der Waals surface area contributed by atoms with Gasteiger partial charge in [-0.1, -0.05) is 24.0 Å². The summed E-state index contributed by atoms with van der Waals surface area (Å²) in [7, 11) is 1.51. The molecule has 2 heterocycles. The molecule has 8 heteroatoms. The zero-order chi connectivity index (χ0) is 21.5. The van der Waals surface area contributed by atoms with E-state index in [1.165, 1.54) is 24.1 Å². The largest absolute Gasteiger partial charge is 0.497 e. The van der Waals surface area contributed by atoms with Crippen molar-refractivity contribution in [1.29, 1.82) is 0 Å². The summed E-state index contributed by atoms with van der Waals surface area (Å²) < 4.78 is 19.0. The minimum atomic E-state index is -1.64. The summed E-state index contributed by atoms with van der Waals surface area (Å²) in [5, 5.41) is 4.71. The summed E-state index contributed by atoms with van der Waals surface area (Å²) in [6.45, 7) is 1.69. The Morgan fingerprint density at radius 3 is 2.73 bits per heavy atom. The molecule has 7 nitrogen and oxygen atoms in total. The van der Waals surface area contributed by atoms with E-state index in [2.05, 4.69) is 22.5 Å². The fraction of sp³-hybridized carbons (Fsp3) is 0.227. The number of imide groups is 1. The van der Waals surface area contributed by atoms with Crippen LogP contribution in [-0.2, 0) is 11.3 Å². The van der Waals surface area contributed by atoms with Crippen LogP contribution in [0.2, 0.25) is 0 Å². The number of methoxy groups -OCH3 is 1. The third kappa shape index (κ3) is 3.24. The molecule has 0 unspecified atom stereocenters. The Morgan fingerprint density at radius 1 is 1.23 bits per heavy atom. The van der Waals surface area contributed by atoms with Gasteiger partial charge in [0.25, 0.3) is 11.8 Å². The van der Waals surface area contributed by atoms with Gasteiger partial charge in [-0.05, 0) is 36.8 Å². The third-order valence-electron chi connectivity index (χ3n) is 5.24. The molecule has 4 amide bonds. The monoisotopic (exact) mass is 407 g/mol. The van der Waals surface area contributed by atoms with E-state index in [9.17, 15) is 18.8 Å². The number of urea groups is 1. The molecule has 0 spiro atoms. The number of hydrogen-bond acceptors (Lipinski definition) is 4. The molecule has 0 saturated carbocycles. The van der Waals surface area contributed by atoms with Crippen molar-refractivity contribution < 1.29 is 23.5 Å². The number of nitrogens with one attached hydrogen (secondary N) is 2. The summed E-state index contributed by atoms with van der Waals surface area (Å²) in [5.74, 6) is 4.75. The van der Waals surface area contributed by atoms with Crippen molar-refractivity contribution in [2.45, 2.75) is 19.0 Å². The lowest BCUT2D eigenvalue weighted by Gasteiger charge is -2.26. The zero-order valence-electron chi connectivity index (χ0n) is 16.3. The summed E-state index contributed by atoms with van der Waals surface area (Å²) in [6, 6.07) is 8.93. The first-order chi connectivity index (χ1) is 14.3. The molecule has 152 valence electrons. The summed E-state index contributed by atoms with van der Waals surface area (Å²) in [5.41, 5.74) is 0.348. The molecule has 0 bridgehead atoms. The van der Waals surface area contributed by atoms with E-state index < -0.39 is 23.3 Å². The minimum absolute atomic E-state index is 0.151. The first kappa shape index (κ1) is 19.5. The number of amides is 4. The van der Waals surface area contributed by atoms with E-state index in [0.717, 1.165) is 5.56 Å². The first-order valence-electron chi connectivity index (χ1n) is 9.21. The van der Waals surface area contributed by atoms with Crippen LogP contribution < -0.4 is 15.4 Å². The highest BCUT2D eigenvalue weighted by Gasteiger charge is 2.48. The van der Waals surface area contributed by atoms with Crippen LogP contribution in [0.15, 0.2) is 36.4 Å². The van der Waals surface area contributed by atoms with E-state index in [4.69, 9.17) is 4.74 Å². The molecule has 0 aromatic heterocycles. The number of rotatable bonds is 3. The zero-order valence-corrected chi connectivity index (χ0v) is 16.3. The SMILES string of the molecule is COc1ccc2c(c1)C(=O)N(C[C@@]1(C#Cc3cccc(F)c3C)NC(=O)NC1=O)C2. The maximum atomic E-state index is 13.8. The van der Waals surface area contributed by atoms with Crippen molar-refractivity contribution in [1.82, 2.24) is 15.5 Å². The van der Waals surface area contributed by atoms with Crippen molar-refractivity contribution in [2.24, 2.45) is 0 Å². The molecule has 2 aliphatic rings. The lowest BCUT2D eigenvalue weighted by Crippen LogP contribution is -2.54. The standard InChI is InChI=1S/C22H18FN3O4/c1-13-14(4-3-5-18(13)23)8-9-22(20(28)24-21(29)25-22)12-26-11-15-6-7-16(30-2)10-17(15)19(26)27/h3-7,10H,11-12H2,1-2H3,(H2,24,25,28,29)/t22-/m1/s1. The maximum absolute atomic E-state index is 13.8. The van der Waals surface area contributed by atoms with Gasteiger partial charge in [0.05, 0.1) is 13.7 Å². The number of carbonyl (C=O) groups is 3. The van der Waals surface area contributed by atoms with E-state index >= 15 is 0 Å². The Hall–Kier alpha value is -3.86. The molecule has 1 atom stereocenters. The van der Waals surface area contributed by atoms with Crippen molar-refractivity contribution in [3.8, 4) is 17.6 Å². The highest BCUT2D eigenvalue weighted by molar-refractivity contribution is 6.10. The van der Waals surface area contributed by atoms with Crippen molar-refractivity contribution >= 4 is 17.8 Å². The van der Waals surface area contributed by atoms with Crippen molar-refractivity contribution in [3.05, 3.63) is 64.5 Å². The van der Waals surface area contributed by atoms with E-state index in [-0.39, 0.29) is 19.0 Å². The summed E-state index contributed by atoms with van der Waals surface area (Å²) in [6.07, 6.45) is 0. The van der Waals surface area contributed by atoms with Gasteiger partial charge < -0.3 is 15.0 Å². The lowest BCUT2D eigenvalue weighted by atomic mass is 9.98. The van der Waals surface area contributed by atoms with E-state index in [0.29, 0.717) is 22.4 Å². The highest BCUT2D eigenvalue weighted by Crippen LogP contribution is 2.28. The van der Waals surface area contributed by atoms with Crippen LogP contribution in [-0.4, -0.2) is 41.9 Å². The van der Waals surface area contributed by atoms with Gasteiger partial charge >= 0.3 is 6.03 Å². The van der Waals surface area contributed by atoms with Crippen LogP contribution in [0.3, 0.4) is 0 Å². The van der Waals surface area contributed by atoms with Gasteiger partial charge in [0.15, 0.2) is 0 Å². The van der Waals surface area contributed by atoms with Gasteiger partial charge in [-0.2, -0.15) is 0 Å². The number of ether oxygens (including phenoxy) is 1. The number of carbonyl (C=O) groups excluding carboxylic acids is 3. The van der Waals surface area contributed by atoms with Crippen LogP contribution in [0.1, 0.15) is 27.0 Å². The smallest absolute Gasteiger partial charge is 0.323 e. The average molecular weight is 407 g/mol. The van der Waals surface area contributed by atoms with Crippen LogP contribution in [0.4, 0.5) is 9.18 Å². The Balaban J connectivity index is 1.67. The van der Waals surface area contributed by atoms with E-state index in [1.807, 2.05) is 0 Å². The van der Waals surface area contributed by atoms with Gasteiger partial charge in [-0.25, -0.2) is 9.18 Å². The van der Waals surface area contributed by atoms with Crippen LogP contribution in [0.25, 0.3) is 0 Å². The second kappa shape index (κ2) is 7.19. The second-order valence-electron chi connectivity index (χ2n) is 7.16. The Bertz CT molecular complexity index is 1150. The molecule has 1 fully saturated rings. The van der Waals surface area contributed by atoms with Crippen LogP contribution >= 0.6 is 0 Å². The molecule has 1 saturated heterocycles. The molecule has 4 rings (SSSR count). The van der Waals surface area contributed by atoms with Crippen LogP contribution in [0.5, 0.6) is 5.75 Å². The van der Waals surface area contributed by atoms with Crippen LogP contribution in [0, 0.1) is 24.6 Å². The predicted molar refractivity (Wildman–Crippen MR) is 105 cm³/mol. The van der Waals surface area contributed by atoms with Gasteiger partial charge in [0.2, 0.25) is 5.54 Å². The van der Waals surface area contributed by atoms with Gasteiger partial charge in [0, 0.05) is 23.2 Å². The lowest BCUT2D eigenvalue weighted by molar-refractivity contribution is -0.122. The number of fused-ring (bicyclic) bond motifs is 1. The molecule has 0 radical (unpaired) electrons. The van der Waals surface area contributed by atoms with Crippen molar-refractivity contribution in [2.75, 3.05) is 13.7 Å². The Morgan fingerprint density at radius 2 is 2.03 bits per heavy atom. The number of benzene rings is 2. The fourth-order valence-electron chi connectivity index (χ4n) is 3.53. The minimum Gasteiger partial charge on any atom is -0.497 e. The molecule has 2 N–H and O–H groups in total. The Labute approximate surface area is 172 Å². The summed E-state index contributed by atoms with van der Waals surface area (Å²) in [4.78, 5) is 38.8. The summed E-state index contributed by atoms with van der Waals surface area (Å²) >= 11 is 0.